The van der Waals surface area contributed by atoms with Crippen LogP contribution in [0.1, 0.15) is 30.4 Å². The van der Waals surface area contributed by atoms with Gasteiger partial charge >= 0.3 is 0 Å². The van der Waals surface area contributed by atoms with Crippen molar-refractivity contribution >= 4 is 0 Å². The molecule has 2 N–H and O–H groups in total. The minimum atomic E-state index is -0.542. The van der Waals surface area contributed by atoms with Crippen LogP contribution < -0.4 is 5.73 Å². The molecule has 21 heavy (non-hydrogen) atoms. The first-order valence-corrected chi connectivity index (χ1v) is 7.36. The van der Waals surface area contributed by atoms with Crippen LogP contribution in [0.3, 0.4) is 0 Å². The second kappa shape index (κ2) is 5.57. The highest BCUT2D eigenvalue weighted by Gasteiger charge is 2.43. The third-order valence-electron chi connectivity index (χ3n) is 4.68. The molecule has 1 fully saturated rings. The van der Waals surface area contributed by atoms with Gasteiger partial charge in [0.25, 0.3) is 0 Å². The Hall–Kier alpha value is -1.74. The lowest BCUT2D eigenvalue weighted by atomic mass is 9.59. The van der Waals surface area contributed by atoms with E-state index < -0.39 is 11.6 Å². The summed E-state index contributed by atoms with van der Waals surface area (Å²) in [5, 5.41) is 0. The van der Waals surface area contributed by atoms with E-state index in [0.717, 1.165) is 25.3 Å². The fourth-order valence-corrected chi connectivity index (χ4v) is 3.38. The van der Waals surface area contributed by atoms with Crippen molar-refractivity contribution in [3.05, 3.63) is 71.3 Å². The van der Waals surface area contributed by atoms with Gasteiger partial charge in [-0.1, -0.05) is 36.8 Å². The Bertz CT molecular complexity index is 600. The molecule has 3 heteroatoms. The first kappa shape index (κ1) is 14.2. The Morgan fingerprint density at radius 1 is 1.00 bits per heavy atom. The monoisotopic (exact) mass is 287 g/mol. The van der Waals surface area contributed by atoms with Gasteiger partial charge in [0.2, 0.25) is 0 Å². The van der Waals surface area contributed by atoms with Crippen LogP contribution in [0.15, 0.2) is 48.5 Å². The number of hydrogen-bond acceptors (Lipinski definition) is 1. The normalized spacial score (nSPS) is 18.0. The standard InChI is InChI=1S/C18H19F2N/c19-15-9-13(10-16(20)12-15)11-17(21)18(7-4-8-18)14-5-2-1-3-6-14/h1-3,5-6,9-10,12,17H,4,7-8,11,21H2. The quantitative estimate of drug-likeness (QED) is 0.905. The molecule has 1 atom stereocenters. The lowest BCUT2D eigenvalue weighted by molar-refractivity contribution is 0.194. The maximum atomic E-state index is 13.3. The van der Waals surface area contributed by atoms with Crippen molar-refractivity contribution < 1.29 is 8.78 Å². The molecule has 0 radical (unpaired) electrons. The Morgan fingerprint density at radius 3 is 2.14 bits per heavy atom. The number of rotatable bonds is 4. The molecule has 0 heterocycles. The minimum absolute atomic E-state index is 0.0515. The fourth-order valence-electron chi connectivity index (χ4n) is 3.38. The largest absolute Gasteiger partial charge is 0.327 e. The average Bonchev–Trinajstić information content (AvgIpc) is 2.37. The van der Waals surface area contributed by atoms with Crippen LogP contribution >= 0.6 is 0 Å². The molecule has 2 aromatic carbocycles. The van der Waals surface area contributed by atoms with Gasteiger partial charge in [0.1, 0.15) is 11.6 Å². The first-order chi connectivity index (χ1) is 10.1. The lowest BCUT2D eigenvalue weighted by Crippen LogP contribution is -2.51. The Labute approximate surface area is 123 Å². The zero-order valence-corrected chi connectivity index (χ0v) is 11.9. The smallest absolute Gasteiger partial charge is 0.126 e. The van der Waals surface area contributed by atoms with Crippen LogP contribution in [-0.2, 0) is 11.8 Å². The number of hydrogen-bond donors (Lipinski definition) is 1. The molecular formula is C18H19F2N. The third-order valence-corrected chi connectivity index (χ3v) is 4.68. The molecule has 110 valence electrons. The molecule has 0 saturated heterocycles. The van der Waals surface area contributed by atoms with Gasteiger partial charge in [-0.05, 0) is 42.5 Å². The summed E-state index contributed by atoms with van der Waals surface area (Å²) in [6.45, 7) is 0. The van der Waals surface area contributed by atoms with E-state index in [0.29, 0.717) is 12.0 Å². The predicted molar refractivity (Wildman–Crippen MR) is 80.0 cm³/mol. The van der Waals surface area contributed by atoms with Crippen molar-refractivity contribution in [3.8, 4) is 0 Å². The van der Waals surface area contributed by atoms with Crippen LogP contribution in [0.25, 0.3) is 0 Å². The molecule has 1 saturated carbocycles. The molecule has 1 aliphatic rings. The van der Waals surface area contributed by atoms with E-state index in [2.05, 4.69) is 12.1 Å². The molecule has 2 aromatic rings. The van der Waals surface area contributed by atoms with Gasteiger partial charge in [-0.25, -0.2) is 8.78 Å². The van der Waals surface area contributed by atoms with E-state index in [4.69, 9.17) is 5.73 Å². The minimum Gasteiger partial charge on any atom is -0.327 e. The van der Waals surface area contributed by atoms with Gasteiger partial charge in [-0.15, -0.1) is 0 Å². The molecule has 1 unspecified atom stereocenters. The zero-order chi connectivity index (χ0) is 14.9. The molecule has 0 aromatic heterocycles. The van der Waals surface area contributed by atoms with Crippen LogP contribution in [0, 0.1) is 11.6 Å². The van der Waals surface area contributed by atoms with Gasteiger partial charge in [0, 0.05) is 17.5 Å². The maximum Gasteiger partial charge on any atom is 0.126 e. The zero-order valence-electron chi connectivity index (χ0n) is 11.9. The summed E-state index contributed by atoms with van der Waals surface area (Å²) in [4.78, 5) is 0. The topological polar surface area (TPSA) is 26.0 Å². The van der Waals surface area contributed by atoms with Crippen molar-refractivity contribution in [1.29, 1.82) is 0 Å². The SMILES string of the molecule is NC(Cc1cc(F)cc(F)c1)C1(c2ccccc2)CCC1. The van der Waals surface area contributed by atoms with E-state index in [1.807, 2.05) is 18.2 Å². The van der Waals surface area contributed by atoms with Crippen molar-refractivity contribution in [2.24, 2.45) is 5.73 Å². The average molecular weight is 287 g/mol. The van der Waals surface area contributed by atoms with Crippen molar-refractivity contribution in [2.45, 2.75) is 37.1 Å². The molecule has 1 aliphatic carbocycles. The summed E-state index contributed by atoms with van der Waals surface area (Å²) in [7, 11) is 0. The Balaban J connectivity index is 1.85. The highest BCUT2D eigenvalue weighted by Crippen LogP contribution is 2.46. The van der Waals surface area contributed by atoms with Gasteiger partial charge in [-0.2, -0.15) is 0 Å². The molecule has 0 spiro atoms. The number of benzene rings is 2. The summed E-state index contributed by atoms with van der Waals surface area (Å²) in [6.07, 6.45) is 3.72. The van der Waals surface area contributed by atoms with Gasteiger partial charge in [-0.3, -0.25) is 0 Å². The van der Waals surface area contributed by atoms with Gasteiger partial charge in [0.15, 0.2) is 0 Å². The lowest BCUT2D eigenvalue weighted by Gasteiger charge is -2.47. The van der Waals surface area contributed by atoms with Crippen LogP contribution in [-0.4, -0.2) is 6.04 Å². The van der Waals surface area contributed by atoms with Gasteiger partial charge < -0.3 is 5.73 Å². The molecule has 0 aliphatic heterocycles. The fraction of sp³-hybridized carbons (Fsp3) is 0.333. The second-order valence-electron chi connectivity index (χ2n) is 5.96. The summed E-state index contributed by atoms with van der Waals surface area (Å²) in [6, 6.07) is 13.7. The van der Waals surface area contributed by atoms with E-state index in [-0.39, 0.29) is 11.5 Å². The van der Waals surface area contributed by atoms with Crippen molar-refractivity contribution in [2.75, 3.05) is 0 Å². The Morgan fingerprint density at radius 2 is 1.62 bits per heavy atom. The van der Waals surface area contributed by atoms with Crippen molar-refractivity contribution in [1.82, 2.24) is 0 Å². The van der Waals surface area contributed by atoms with E-state index >= 15 is 0 Å². The first-order valence-electron chi connectivity index (χ1n) is 7.36. The van der Waals surface area contributed by atoms with Crippen molar-refractivity contribution in [3.63, 3.8) is 0 Å². The summed E-state index contributed by atoms with van der Waals surface area (Å²) >= 11 is 0. The maximum absolute atomic E-state index is 13.3. The molecule has 0 amide bonds. The van der Waals surface area contributed by atoms with E-state index in [9.17, 15) is 8.78 Å². The molecular weight excluding hydrogens is 268 g/mol. The third kappa shape index (κ3) is 2.70. The molecule has 1 nitrogen and oxygen atoms in total. The number of nitrogens with two attached hydrogens (primary N) is 1. The van der Waals surface area contributed by atoms with Crippen LogP contribution in [0.5, 0.6) is 0 Å². The highest BCUT2D eigenvalue weighted by atomic mass is 19.1. The van der Waals surface area contributed by atoms with E-state index in [1.54, 1.807) is 0 Å². The summed E-state index contributed by atoms with van der Waals surface area (Å²) in [5.41, 5.74) is 8.25. The van der Waals surface area contributed by atoms with Crippen LogP contribution in [0.4, 0.5) is 8.78 Å². The summed E-state index contributed by atoms with van der Waals surface area (Å²) in [5.74, 6) is -1.08. The van der Waals surface area contributed by atoms with E-state index in [1.165, 1.54) is 17.7 Å². The Kier molecular flexibility index (Phi) is 3.77. The second-order valence-corrected chi connectivity index (χ2v) is 5.96. The predicted octanol–water partition coefficient (Wildman–Crippen LogP) is 3.96. The summed E-state index contributed by atoms with van der Waals surface area (Å²) < 4.78 is 26.6. The van der Waals surface area contributed by atoms with Gasteiger partial charge in [0.05, 0.1) is 0 Å². The molecule has 0 bridgehead atoms. The molecule has 3 rings (SSSR count). The highest BCUT2D eigenvalue weighted by molar-refractivity contribution is 5.32. The number of halogens is 2. The van der Waals surface area contributed by atoms with Crippen LogP contribution in [0.2, 0.25) is 0 Å².